The number of aryl methyl sites for hydroxylation is 1. The molecule has 0 spiro atoms. The zero-order chi connectivity index (χ0) is 16.7. The fourth-order valence-electron chi connectivity index (χ4n) is 2.51. The quantitative estimate of drug-likeness (QED) is 0.587. The Labute approximate surface area is 131 Å². The number of nitriles is 1. The van der Waals surface area contributed by atoms with E-state index in [1.807, 2.05) is 26.0 Å². The molecular formula is C16H23N3O3. The Balaban J connectivity index is 3.11. The summed E-state index contributed by atoms with van der Waals surface area (Å²) >= 11 is 0. The molecule has 0 fully saturated rings. The highest BCUT2D eigenvalue weighted by atomic mass is 16.5. The maximum atomic E-state index is 11.8. The van der Waals surface area contributed by atoms with Crippen molar-refractivity contribution in [2.75, 3.05) is 26.9 Å². The van der Waals surface area contributed by atoms with Gasteiger partial charge in [-0.25, -0.2) is 0 Å². The van der Waals surface area contributed by atoms with Crippen molar-refractivity contribution in [2.24, 2.45) is 0 Å². The third-order valence-electron chi connectivity index (χ3n) is 3.43. The highest BCUT2D eigenvalue weighted by Gasteiger charge is 2.15. The van der Waals surface area contributed by atoms with Gasteiger partial charge in [0.05, 0.1) is 19.3 Å². The molecule has 1 amide bonds. The van der Waals surface area contributed by atoms with Gasteiger partial charge in [-0.05, 0) is 38.5 Å². The largest absolute Gasteiger partial charge is 0.395 e. The molecule has 0 aliphatic rings. The molecule has 1 rings (SSSR count). The van der Waals surface area contributed by atoms with E-state index in [2.05, 4.69) is 16.8 Å². The van der Waals surface area contributed by atoms with Crippen molar-refractivity contribution in [1.82, 2.24) is 9.88 Å². The molecule has 0 aliphatic heterocycles. The predicted octanol–water partition coefficient (Wildman–Crippen LogP) is 1.33. The maximum absolute atomic E-state index is 11.8. The minimum absolute atomic E-state index is 0.0214. The first kappa shape index (κ1) is 18.0. The Hall–Kier alpha value is -2.10. The van der Waals surface area contributed by atoms with E-state index in [0.717, 1.165) is 17.0 Å². The lowest BCUT2D eigenvalue weighted by molar-refractivity contribution is -0.117. The number of nitrogens with zero attached hydrogens (tertiary/aromatic N) is 2. The van der Waals surface area contributed by atoms with E-state index in [9.17, 15) is 4.79 Å². The van der Waals surface area contributed by atoms with Crippen molar-refractivity contribution < 1.29 is 14.6 Å². The average Bonchev–Trinajstić information content (AvgIpc) is 2.76. The number of hydrogen-bond donors (Lipinski definition) is 2. The van der Waals surface area contributed by atoms with Crippen LogP contribution in [0.1, 0.15) is 29.9 Å². The number of methoxy groups -OCH3 is 1. The minimum Gasteiger partial charge on any atom is -0.395 e. The van der Waals surface area contributed by atoms with Gasteiger partial charge in [0, 0.05) is 25.0 Å². The molecule has 0 bridgehead atoms. The van der Waals surface area contributed by atoms with Gasteiger partial charge in [-0.3, -0.25) is 4.79 Å². The van der Waals surface area contributed by atoms with Gasteiger partial charge in [0.15, 0.2) is 0 Å². The molecule has 0 aromatic carbocycles. The van der Waals surface area contributed by atoms with E-state index in [-0.39, 0.29) is 24.8 Å². The van der Waals surface area contributed by atoms with Gasteiger partial charge in [0.2, 0.25) is 0 Å². The summed E-state index contributed by atoms with van der Waals surface area (Å²) in [5.74, 6) is -0.480. The van der Waals surface area contributed by atoms with Gasteiger partial charge in [-0.15, -0.1) is 0 Å². The van der Waals surface area contributed by atoms with Crippen molar-refractivity contribution in [1.29, 1.82) is 5.26 Å². The number of aliphatic hydroxyl groups excluding tert-OH is 1. The Bertz CT molecular complexity index is 597. The number of carbonyl (C=O) groups is 1. The number of hydrogen-bond acceptors (Lipinski definition) is 4. The number of aliphatic hydroxyl groups is 1. The van der Waals surface area contributed by atoms with Gasteiger partial charge < -0.3 is 19.7 Å². The third kappa shape index (κ3) is 4.20. The highest BCUT2D eigenvalue weighted by Crippen LogP contribution is 2.22. The van der Waals surface area contributed by atoms with Crippen LogP contribution in [0.15, 0.2) is 11.6 Å². The maximum Gasteiger partial charge on any atom is 0.262 e. The van der Waals surface area contributed by atoms with Crippen molar-refractivity contribution in [3.8, 4) is 6.07 Å². The topological polar surface area (TPSA) is 87.3 Å². The smallest absolute Gasteiger partial charge is 0.262 e. The SMILES string of the molecule is COCC(C)n1c(C)cc(/C=C(/C#N)C(=O)NCCO)c1C. The van der Waals surface area contributed by atoms with Crippen molar-refractivity contribution in [3.63, 3.8) is 0 Å². The summed E-state index contributed by atoms with van der Waals surface area (Å²) in [6.45, 7) is 6.53. The van der Waals surface area contributed by atoms with Crippen LogP contribution in [0, 0.1) is 25.2 Å². The molecule has 6 nitrogen and oxygen atoms in total. The third-order valence-corrected chi connectivity index (χ3v) is 3.43. The molecule has 2 N–H and O–H groups in total. The van der Waals surface area contributed by atoms with E-state index < -0.39 is 5.91 Å². The lowest BCUT2D eigenvalue weighted by atomic mass is 10.1. The molecule has 1 heterocycles. The average molecular weight is 305 g/mol. The fraction of sp³-hybridized carbons (Fsp3) is 0.500. The van der Waals surface area contributed by atoms with Gasteiger partial charge in [-0.1, -0.05) is 0 Å². The van der Waals surface area contributed by atoms with Crippen LogP contribution in [0.3, 0.4) is 0 Å². The normalized spacial score (nSPS) is 12.8. The van der Waals surface area contributed by atoms with Gasteiger partial charge in [0.25, 0.3) is 5.91 Å². The number of amides is 1. The van der Waals surface area contributed by atoms with Crippen LogP contribution in [0.4, 0.5) is 0 Å². The molecule has 1 atom stereocenters. The summed E-state index contributed by atoms with van der Waals surface area (Å²) < 4.78 is 7.31. The first-order valence-electron chi connectivity index (χ1n) is 7.14. The van der Waals surface area contributed by atoms with E-state index in [1.165, 1.54) is 0 Å². The van der Waals surface area contributed by atoms with E-state index in [1.54, 1.807) is 13.2 Å². The second kappa shape index (κ2) is 8.37. The molecule has 1 aromatic heterocycles. The zero-order valence-electron chi connectivity index (χ0n) is 13.5. The van der Waals surface area contributed by atoms with Crippen LogP contribution in [-0.4, -0.2) is 42.4 Å². The molecule has 6 heteroatoms. The minimum atomic E-state index is -0.480. The van der Waals surface area contributed by atoms with Crippen LogP contribution < -0.4 is 5.32 Å². The zero-order valence-corrected chi connectivity index (χ0v) is 13.5. The molecular weight excluding hydrogens is 282 g/mol. The van der Waals surface area contributed by atoms with E-state index in [4.69, 9.17) is 15.1 Å². The van der Waals surface area contributed by atoms with Crippen LogP contribution in [0.2, 0.25) is 0 Å². The first-order valence-corrected chi connectivity index (χ1v) is 7.14. The highest BCUT2D eigenvalue weighted by molar-refractivity contribution is 6.01. The number of carbonyl (C=O) groups excluding carboxylic acids is 1. The van der Waals surface area contributed by atoms with E-state index >= 15 is 0 Å². The summed E-state index contributed by atoms with van der Waals surface area (Å²) in [6, 6.07) is 4.01. The predicted molar refractivity (Wildman–Crippen MR) is 84.2 cm³/mol. The summed E-state index contributed by atoms with van der Waals surface area (Å²) in [7, 11) is 1.66. The van der Waals surface area contributed by atoms with Gasteiger partial charge in [-0.2, -0.15) is 5.26 Å². The summed E-state index contributed by atoms with van der Waals surface area (Å²) in [5, 5.41) is 20.4. The van der Waals surface area contributed by atoms with Crippen molar-refractivity contribution >= 4 is 12.0 Å². The Kier molecular flexibility index (Phi) is 6.83. The van der Waals surface area contributed by atoms with Crippen LogP contribution in [0.5, 0.6) is 0 Å². The van der Waals surface area contributed by atoms with Crippen molar-refractivity contribution in [2.45, 2.75) is 26.8 Å². The summed E-state index contributed by atoms with van der Waals surface area (Å²) in [4.78, 5) is 11.8. The summed E-state index contributed by atoms with van der Waals surface area (Å²) in [6.07, 6.45) is 1.57. The fourth-order valence-corrected chi connectivity index (χ4v) is 2.51. The molecule has 22 heavy (non-hydrogen) atoms. The van der Waals surface area contributed by atoms with E-state index in [0.29, 0.717) is 6.61 Å². The standard InChI is InChI=1S/C16H23N3O3/c1-11-7-14(13(3)19(11)12(2)10-22-4)8-15(9-17)16(21)18-5-6-20/h7-8,12,20H,5-6,10H2,1-4H3,(H,18,21)/b15-8-. The number of ether oxygens (including phenoxy) is 1. The van der Waals surface area contributed by atoms with Crippen LogP contribution in [0.25, 0.3) is 6.08 Å². The lowest BCUT2D eigenvalue weighted by Crippen LogP contribution is -2.27. The second-order valence-corrected chi connectivity index (χ2v) is 5.15. The Morgan fingerprint density at radius 2 is 2.27 bits per heavy atom. The molecule has 1 unspecified atom stereocenters. The van der Waals surface area contributed by atoms with Gasteiger partial charge >= 0.3 is 0 Å². The molecule has 0 aliphatic carbocycles. The monoisotopic (exact) mass is 305 g/mol. The van der Waals surface area contributed by atoms with Crippen molar-refractivity contribution in [3.05, 3.63) is 28.6 Å². The Morgan fingerprint density at radius 1 is 1.59 bits per heavy atom. The molecule has 120 valence electrons. The molecule has 0 saturated carbocycles. The molecule has 1 aromatic rings. The summed E-state index contributed by atoms with van der Waals surface area (Å²) in [5.41, 5.74) is 2.87. The Morgan fingerprint density at radius 3 is 2.82 bits per heavy atom. The van der Waals surface area contributed by atoms with Crippen LogP contribution >= 0.6 is 0 Å². The molecule has 0 saturated heterocycles. The number of aromatic nitrogens is 1. The van der Waals surface area contributed by atoms with Crippen LogP contribution in [-0.2, 0) is 9.53 Å². The lowest BCUT2D eigenvalue weighted by Gasteiger charge is -2.17. The first-order chi connectivity index (χ1) is 10.5. The number of rotatable bonds is 7. The molecule has 0 radical (unpaired) electrons. The second-order valence-electron chi connectivity index (χ2n) is 5.15. The van der Waals surface area contributed by atoms with Gasteiger partial charge in [0.1, 0.15) is 11.6 Å². The number of nitrogens with one attached hydrogen (secondary N) is 1.